The average molecular weight is 422 g/mol. The van der Waals surface area contributed by atoms with Crippen molar-refractivity contribution in [1.82, 2.24) is 14.8 Å². The van der Waals surface area contributed by atoms with Gasteiger partial charge in [-0.3, -0.25) is 14.2 Å². The molecule has 0 atom stereocenters. The molecule has 0 bridgehead atoms. The topological polar surface area (TPSA) is 80.1 Å². The Balaban J connectivity index is 1.46. The number of amides is 2. The van der Waals surface area contributed by atoms with E-state index < -0.39 is 0 Å². The first kappa shape index (κ1) is 20.2. The number of carbonyl (C=O) groups is 2. The van der Waals surface area contributed by atoms with E-state index in [-0.39, 0.29) is 17.6 Å². The van der Waals surface area contributed by atoms with E-state index >= 15 is 0 Å². The van der Waals surface area contributed by atoms with Crippen LogP contribution in [0.1, 0.15) is 24.2 Å². The van der Waals surface area contributed by atoms with Crippen molar-refractivity contribution in [2.75, 3.05) is 22.5 Å². The van der Waals surface area contributed by atoms with Crippen LogP contribution in [-0.4, -0.2) is 38.9 Å². The van der Waals surface area contributed by atoms with Crippen molar-refractivity contribution in [3.05, 3.63) is 59.9 Å². The second-order valence-electron chi connectivity index (χ2n) is 7.20. The number of aryl methyl sites for hydroxylation is 2. The second kappa shape index (κ2) is 8.71. The molecule has 0 saturated carbocycles. The van der Waals surface area contributed by atoms with E-state index in [1.54, 1.807) is 4.90 Å². The zero-order valence-electron chi connectivity index (χ0n) is 17.0. The highest BCUT2D eigenvalue weighted by molar-refractivity contribution is 7.99. The van der Waals surface area contributed by atoms with Gasteiger partial charge in [0.1, 0.15) is 5.82 Å². The van der Waals surface area contributed by atoms with Crippen LogP contribution in [0.5, 0.6) is 0 Å². The summed E-state index contributed by atoms with van der Waals surface area (Å²) < 4.78 is 1.94. The quantitative estimate of drug-likeness (QED) is 0.613. The molecule has 30 heavy (non-hydrogen) atoms. The van der Waals surface area contributed by atoms with Crippen LogP contribution in [0, 0.1) is 13.8 Å². The van der Waals surface area contributed by atoms with E-state index in [2.05, 4.69) is 15.5 Å². The molecule has 1 aromatic heterocycles. The standard InChI is InChI=1S/C22H23N5O2S/c1-15-9-11-17(12-10-15)27-16(2)24-25-22(27)30-14-20(28)23-18-6-3-4-7-19(18)26-13-5-8-21(26)29/h3-4,6-7,9-12H,5,8,13-14H2,1-2H3,(H,23,28). The Bertz CT molecular complexity index is 1080. The first-order valence-corrected chi connectivity index (χ1v) is 10.8. The molecule has 0 unspecified atom stereocenters. The molecule has 7 nitrogen and oxygen atoms in total. The van der Waals surface area contributed by atoms with Crippen molar-refractivity contribution in [1.29, 1.82) is 0 Å². The van der Waals surface area contributed by atoms with Gasteiger partial charge < -0.3 is 10.2 Å². The Hall–Kier alpha value is -3.13. The predicted octanol–water partition coefficient (Wildman–Crippen LogP) is 3.74. The third-order valence-electron chi connectivity index (χ3n) is 4.96. The summed E-state index contributed by atoms with van der Waals surface area (Å²) in [5, 5.41) is 12.0. The van der Waals surface area contributed by atoms with Crippen molar-refractivity contribution >= 4 is 35.0 Å². The van der Waals surface area contributed by atoms with Crippen LogP contribution in [0.3, 0.4) is 0 Å². The van der Waals surface area contributed by atoms with E-state index in [0.717, 1.165) is 23.6 Å². The molecule has 8 heteroatoms. The molecule has 154 valence electrons. The summed E-state index contributed by atoms with van der Waals surface area (Å²) in [5.41, 5.74) is 3.53. The molecule has 1 aliphatic heterocycles. The molecule has 2 heterocycles. The number of anilines is 2. The Morgan fingerprint density at radius 1 is 1.10 bits per heavy atom. The van der Waals surface area contributed by atoms with Crippen molar-refractivity contribution < 1.29 is 9.59 Å². The van der Waals surface area contributed by atoms with Gasteiger partial charge in [-0.25, -0.2) is 0 Å². The smallest absolute Gasteiger partial charge is 0.234 e. The van der Waals surface area contributed by atoms with E-state index in [9.17, 15) is 9.59 Å². The van der Waals surface area contributed by atoms with Crippen LogP contribution in [0.25, 0.3) is 5.69 Å². The molecule has 4 rings (SSSR count). The van der Waals surface area contributed by atoms with Crippen LogP contribution in [0.15, 0.2) is 53.7 Å². The third kappa shape index (κ3) is 4.23. The summed E-state index contributed by atoms with van der Waals surface area (Å²) in [6, 6.07) is 15.5. The average Bonchev–Trinajstić information content (AvgIpc) is 3.33. The minimum Gasteiger partial charge on any atom is -0.324 e. The highest BCUT2D eigenvalue weighted by Crippen LogP contribution is 2.30. The van der Waals surface area contributed by atoms with Gasteiger partial charge in [0.25, 0.3) is 0 Å². The van der Waals surface area contributed by atoms with Crippen LogP contribution in [0.4, 0.5) is 11.4 Å². The Kier molecular flexibility index (Phi) is 5.85. The number of nitrogens with zero attached hydrogens (tertiary/aromatic N) is 4. The van der Waals surface area contributed by atoms with Crippen molar-refractivity contribution in [3.63, 3.8) is 0 Å². The van der Waals surface area contributed by atoms with Crippen molar-refractivity contribution in [2.45, 2.75) is 31.8 Å². The van der Waals surface area contributed by atoms with Crippen LogP contribution in [0.2, 0.25) is 0 Å². The third-order valence-corrected chi connectivity index (χ3v) is 5.89. The molecule has 1 fully saturated rings. The van der Waals surface area contributed by atoms with Gasteiger partial charge in [0.05, 0.1) is 17.1 Å². The van der Waals surface area contributed by atoms with Gasteiger partial charge in [0.2, 0.25) is 11.8 Å². The number of aromatic nitrogens is 3. The molecule has 0 aliphatic carbocycles. The lowest BCUT2D eigenvalue weighted by atomic mass is 10.2. The lowest BCUT2D eigenvalue weighted by Gasteiger charge is -2.19. The maximum absolute atomic E-state index is 12.6. The summed E-state index contributed by atoms with van der Waals surface area (Å²) in [7, 11) is 0. The first-order valence-electron chi connectivity index (χ1n) is 9.84. The summed E-state index contributed by atoms with van der Waals surface area (Å²) in [5.74, 6) is 0.884. The van der Waals surface area contributed by atoms with Crippen LogP contribution >= 0.6 is 11.8 Å². The van der Waals surface area contributed by atoms with E-state index in [1.165, 1.54) is 17.3 Å². The molecular formula is C22H23N5O2S. The fourth-order valence-electron chi connectivity index (χ4n) is 3.46. The number of carbonyl (C=O) groups excluding carboxylic acids is 2. The van der Waals surface area contributed by atoms with Gasteiger partial charge in [-0.15, -0.1) is 10.2 Å². The molecule has 0 radical (unpaired) electrons. The zero-order chi connectivity index (χ0) is 21.1. The number of hydrogen-bond acceptors (Lipinski definition) is 5. The fraction of sp³-hybridized carbons (Fsp3) is 0.273. The first-order chi connectivity index (χ1) is 14.5. The summed E-state index contributed by atoms with van der Waals surface area (Å²) in [4.78, 5) is 26.5. The van der Waals surface area contributed by atoms with Gasteiger partial charge >= 0.3 is 0 Å². The normalized spacial score (nSPS) is 13.7. The van der Waals surface area contributed by atoms with E-state index in [1.807, 2.05) is 66.9 Å². The fourth-order valence-corrected chi connectivity index (χ4v) is 4.26. The number of hydrogen-bond donors (Lipinski definition) is 1. The Labute approximate surface area is 179 Å². The second-order valence-corrected chi connectivity index (χ2v) is 8.15. The number of nitrogens with one attached hydrogen (secondary N) is 1. The predicted molar refractivity (Wildman–Crippen MR) is 118 cm³/mol. The Morgan fingerprint density at radius 2 is 1.87 bits per heavy atom. The van der Waals surface area contributed by atoms with Crippen LogP contribution < -0.4 is 10.2 Å². The summed E-state index contributed by atoms with van der Waals surface area (Å²) in [6.45, 7) is 4.61. The number of para-hydroxylation sites is 2. The molecule has 1 N–H and O–H groups in total. The molecule has 0 spiro atoms. The highest BCUT2D eigenvalue weighted by Gasteiger charge is 2.24. The molecule has 1 saturated heterocycles. The van der Waals surface area contributed by atoms with E-state index in [4.69, 9.17) is 0 Å². The molecule has 2 amide bonds. The minimum atomic E-state index is -0.157. The number of thioether (sulfide) groups is 1. The maximum atomic E-state index is 12.6. The SMILES string of the molecule is Cc1ccc(-n2c(C)nnc2SCC(=O)Nc2ccccc2N2CCCC2=O)cc1. The number of rotatable bonds is 6. The molecule has 3 aromatic rings. The molecule has 1 aliphatic rings. The van der Waals surface area contributed by atoms with Gasteiger partial charge in [0, 0.05) is 18.7 Å². The van der Waals surface area contributed by atoms with Gasteiger partial charge in [-0.05, 0) is 44.5 Å². The molecular weight excluding hydrogens is 398 g/mol. The van der Waals surface area contributed by atoms with Gasteiger partial charge in [0.15, 0.2) is 5.16 Å². The highest BCUT2D eigenvalue weighted by atomic mass is 32.2. The van der Waals surface area contributed by atoms with Crippen molar-refractivity contribution in [2.24, 2.45) is 0 Å². The summed E-state index contributed by atoms with van der Waals surface area (Å²) in [6.07, 6.45) is 1.39. The minimum absolute atomic E-state index is 0.0905. The largest absolute Gasteiger partial charge is 0.324 e. The molecule has 2 aromatic carbocycles. The Morgan fingerprint density at radius 3 is 2.60 bits per heavy atom. The van der Waals surface area contributed by atoms with Gasteiger partial charge in [-0.1, -0.05) is 41.6 Å². The lowest BCUT2D eigenvalue weighted by Crippen LogP contribution is -2.26. The lowest BCUT2D eigenvalue weighted by molar-refractivity contribution is -0.117. The van der Waals surface area contributed by atoms with Gasteiger partial charge in [-0.2, -0.15) is 0 Å². The summed E-state index contributed by atoms with van der Waals surface area (Å²) >= 11 is 1.33. The number of benzene rings is 2. The monoisotopic (exact) mass is 421 g/mol. The maximum Gasteiger partial charge on any atom is 0.234 e. The zero-order valence-corrected chi connectivity index (χ0v) is 17.8. The van der Waals surface area contributed by atoms with E-state index in [0.29, 0.717) is 23.8 Å². The van der Waals surface area contributed by atoms with Crippen molar-refractivity contribution in [3.8, 4) is 5.69 Å². The van der Waals surface area contributed by atoms with Crippen LogP contribution in [-0.2, 0) is 9.59 Å².